The van der Waals surface area contributed by atoms with Crippen molar-refractivity contribution in [3.63, 3.8) is 0 Å². The quantitative estimate of drug-likeness (QED) is 0.896. The number of amides is 1. The third-order valence-electron chi connectivity index (χ3n) is 3.67. The number of halogens is 1. The fourth-order valence-electron chi connectivity index (χ4n) is 2.47. The SMILES string of the molecule is CC1C(=O)NCCN1c1c(F)cccc1CNC(C)(C)C. The first kappa shape index (κ1) is 15.8. The van der Waals surface area contributed by atoms with Crippen LogP contribution < -0.4 is 15.5 Å². The van der Waals surface area contributed by atoms with Crippen LogP contribution in [-0.2, 0) is 11.3 Å². The number of carbonyl (C=O) groups excluding carboxylic acids is 1. The zero-order chi connectivity index (χ0) is 15.6. The number of nitrogens with zero attached hydrogens (tertiary/aromatic N) is 1. The van der Waals surface area contributed by atoms with Crippen molar-refractivity contribution in [2.24, 2.45) is 0 Å². The van der Waals surface area contributed by atoms with E-state index in [0.29, 0.717) is 25.3 Å². The van der Waals surface area contributed by atoms with Gasteiger partial charge in [0.1, 0.15) is 11.9 Å². The smallest absolute Gasteiger partial charge is 0.242 e. The van der Waals surface area contributed by atoms with Crippen molar-refractivity contribution in [1.29, 1.82) is 0 Å². The van der Waals surface area contributed by atoms with Crippen LogP contribution in [0.1, 0.15) is 33.3 Å². The van der Waals surface area contributed by atoms with Gasteiger partial charge >= 0.3 is 0 Å². The fourth-order valence-corrected chi connectivity index (χ4v) is 2.47. The van der Waals surface area contributed by atoms with E-state index in [-0.39, 0.29) is 23.3 Å². The van der Waals surface area contributed by atoms with Crippen LogP contribution in [0.3, 0.4) is 0 Å². The van der Waals surface area contributed by atoms with Gasteiger partial charge in [-0.15, -0.1) is 0 Å². The zero-order valence-corrected chi connectivity index (χ0v) is 13.2. The van der Waals surface area contributed by atoms with Gasteiger partial charge in [0.15, 0.2) is 0 Å². The highest BCUT2D eigenvalue weighted by Crippen LogP contribution is 2.27. The number of piperazine rings is 1. The minimum Gasteiger partial charge on any atom is -0.355 e. The zero-order valence-electron chi connectivity index (χ0n) is 13.2. The molecule has 1 heterocycles. The van der Waals surface area contributed by atoms with E-state index in [9.17, 15) is 9.18 Å². The number of carbonyl (C=O) groups is 1. The molecule has 0 aliphatic carbocycles. The molecule has 2 rings (SSSR count). The summed E-state index contributed by atoms with van der Waals surface area (Å²) in [6, 6.07) is 4.72. The van der Waals surface area contributed by atoms with Crippen molar-refractivity contribution in [3.8, 4) is 0 Å². The van der Waals surface area contributed by atoms with Gasteiger partial charge in [-0.2, -0.15) is 0 Å². The van der Waals surface area contributed by atoms with Crippen LogP contribution in [0.25, 0.3) is 0 Å². The van der Waals surface area contributed by atoms with Crippen LogP contribution in [0.4, 0.5) is 10.1 Å². The molecule has 0 radical (unpaired) electrons. The van der Waals surface area contributed by atoms with Crippen molar-refractivity contribution in [2.75, 3.05) is 18.0 Å². The van der Waals surface area contributed by atoms with E-state index in [1.165, 1.54) is 6.07 Å². The van der Waals surface area contributed by atoms with Crippen molar-refractivity contribution in [3.05, 3.63) is 29.6 Å². The summed E-state index contributed by atoms with van der Waals surface area (Å²) in [6.07, 6.45) is 0. The molecule has 0 spiro atoms. The molecule has 1 fully saturated rings. The Morgan fingerprint density at radius 3 is 2.81 bits per heavy atom. The van der Waals surface area contributed by atoms with Crippen LogP contribution in [0.2, 0.25) is 0 Å². The van der Waals surface area contributed by atoms with Gasteiger partial charge in [-0.3, -0.25) is 4.79 Å². The first-order valence-electron chi connectivity index (χ1n) is 7.36. The lowest BCUT2D eigenvalue weighted by Gasteiger charge is -2.36. The average molecular weight is 293 g/mol. The number of hydrogen-bond donors (Lipinski definition) is 2. The normalized spacial score (nSPS) is 19.6. The van der Waals surface area contributed by atoms with Gasteiger partial charge in [0, 0.05) is 25.2 Å². The summed E-state index contributed by atoms with van der Waals surface area (Å²) in [5.41, 5.74) is 1.37. The number of nitrogens with one attached hydrogen (secondary N) is 2. The maximum absolute atomic E-state index is 14.4. The topological polar surface area (TPSA) is 44.4 Å². The molecule has 1 atom stereocenters. The molecule has 1 amide bonds. The van der Waals surface area contributed by atoms with Gasteiger partial charge in [-0.05, 0) is 39.3 Å². The molecular weight excluding hydrogens is 269 g/mol. The average Bonchev–Trinajstić information content (AvgIpc) is 2.39. The van der Waals surface area contributed by atoms with Crippen molar-refractivity contribution < 1.29 is 9.18 Å². The molecule has 116 valence electrons. The number of para-hydroxylation sites is 1. The number of anilines is 1. The van der Waals surface area contributed by atoms with E-state index in [1.54, 1.807) is 6.07 Å². The lowest BCUT2D eigenvalue weighted by molar-refractivity contribution is -0.122. The lowest BCUT2D eigenvalue weighted by Crippen LogP contribution is -2.54. The van der Waals surface area contributed by atoms with E-state index in [4.69, 9.17) is 0 Å². The Hall–Kier alpha value is -1.62. The fraction of sp³-hybridized carbons (Fsp3) is 0.562. The molecular formula is C16H24FN3O. The third kappa shape index (κ3) is 3.73. The molecule has 21 heavy (non-hydrogen) atoms. The van der Waals surface area contributed by atoms with Crippen LogP contribution in [0, 0.1) is 5.82 Å². The molecule has 5 heteroatoms. The van der Waals surface area contributed by atoms with E-state index >= 15 is 0 Å². The largest absolute Gasteiger partial charge is 0.355 e. The maximum atomic E-state index is 14.4. The Morgan fingerprint density at radius 1 is 1.43 bits per heavy atom. The molecule has 4 nitrogen and oxygen atoms in total. The van der Waals surface area contributed by atoms with E-state index in [2.05, 4.69) is 31.4 Å². The van der Waals surface area contributed by atoms with Gasteiger partial charge in [0.25, 0.3) is 0 Å². The molecule has 0 aromatic heterocycles. The summed E-state index contributed by atoms with van der Waals surface area (Å²) < 4.78 is 14.4. The monoisotopic (exact) mass is 293 g/mol. The Labute approximate surface area is 125 Å². The Bertz CT molecular complexity index is 525. The number of hydrogen-bond acceptors (Lipinski definition) is 3. The predicted octanol–water partition coefficient (Wildman–Crippen LogP) is 2.04. The van der Waals surface area contributed by atoms with Crippen LogP contribution in [0.15, 0.2) is 18.2 Å². The van der Waals surface area contributed by atoms with Gasteiger partial charge in [0.2, 0.25) is 5.91 Å². The number of rotatable bonds is 3. The second-order valence-corrected chi connectivity index (χ2v) is 6.51. The summed E-state index contributed by atoms with van der Waals surface area (Å²) in [7, 11) is 0. The molecule has 0 bridgehead atoms. The van der Waals surface area contributed by atoms with Gasteiger partial charge in [-0.1, -0.05) is 12.1 Å². The third-order valence-corrected chi connectivity index (χ3v) is 3.67. The van der Waals surface area contributed by atoms with Crippen molar-refractivity contribution in [2.45, 2.75) is 45.8 Å². The molecule has 1 saturated heterocycles. The molecule has 1 aliphatic heterocycles. The minimum absolute atomic E-state index is 0.0471. The first-order chi connectivity index (χ1) is 9.79. The number of benzene rings is 1. The Morgan fingerprint density at radius 2 is 2.14 bits per heavy atom. The van der Waals surface area contributed by atoms with E-state index in [0.717, 1.165) is 5.56 Å². The minimum atomic E-state index is -0.357. The van der Waals surface area contributed by atoms with Crippen molar-refractivity contribution in [1.82, 2.24) is 10.6 Å². The van der Waals surface area contributed by atoms with Gasteiger partial charge in [-0.25, -0.2) is 4.39 Å². The molecule has 1 aliphatic rings. The summed E-state index contributed by atoms with van der Waals surface area (Å²) in [5, 5.41) is 6.19. The summed E-state index contributed by atoms with van der Waals surface area (Å²) >= 11 is 0. The highest BCUT2D eigenvalue weighted by atomic mass is 19.1. The molecule has 1 aromatic rings. The van der Waals surface area contributed by atoms with E-state index in [1.807, 2.05) is 17.9 Å². The van der Waals surface area contributed by atoms with E-state index < -0.39 is 0 Å². The lowest BCUT2D eigenvalue weighted by atomic mass is 10.0. The standard InChI is InChI=1S/C16H24FN3O/c1-11-15(21)18-8-9-20(11)14-12(6-5-7-13(14)17)10-19-16(2,3)4/h5-7,11,19H,8-10H2,1-4H3,(H,18,21). The Balaban J connectivity index is 2.31. The highest BCUT2D eigenvalue weighted by molar-refractivity contribution is 5.86. The summed E-state index contributed by atoms with van der Waals surface area (Å²) in [6.45, 7) is 9.76. The van der Waals surface area contributed by atoms with Crippen LogP contribution in [0.5, 0.6) is 0 Å². The maximum Gasteiger partial charge on any atom is 0.242 e. The van der Waals surface area contributed by atoms with Crippen LogP contribution in [-0.4, -0.2) is 30.6 Å². The Kier molecular flexibility index (Phi) is 4.52. The second kappa shape index (κ2) is 6.02. The van der Waals surface area contributed by atoms with Gasteiger partial charge in [0.05, 0.1) is 5.69 Å². The first-order valence-corrected chi connectivity index (χ1v) is 7.36. The van der Waals surface area contributed by atoms with Crippen LogP contribution >= 0.6 is 0 Å². The summed E-state index contributed by atoms with van der Waals surface area (Å²) in [4.78, 5) is 13.7. The molecule has 1 unspecified atom stereocenters. The molecule has 0 saturated carbocycles. The second-order valence-electron chi connectivity index (χ2n) is 6.51. The summed E-state index contributed by atoms with van der Waals surface area (Å²) in [5.74, 6) is -0.330. The molecule has 2 N–H and O–H groups in total. The highest BCUT2D eigenvalue weighted by Gasteiger charge is 2.29. The predicted molar refractivity (Wildman–Crippen MR) is 82.8 cm³/mol. The van der Waals surface area contributed by atoms with Gasteiger partial charge < -0.3 is 15.5 Å². The van der Waals surface area contributed by atoms with Crippen molar-refractivity contribution >= 4 is 11.6 Å². The molecule has 1 aromatic carbocycles.